The molecule has 2 aliphatic heterocycles. The minimum Gasteiger partial charge on any atom is -0.493 e. The van der Waals surface area contributed by atoms with Gasteiger partial charge in [0.25, 0.3) is 5.69 Å². The number of nitrogens with one attached hydrogen (secondary N) is 1. The molecule has 2 unspecified atom stereocenters. The molecule has 0 saturated carbocycles. The molecule has 1 fully saturated rings. The third-order valence-electron chi connectivity index (χ3n) is 8.34. The highest BCUT2D eigenvalue weighted by atomic mass is 16.6. The molecule has 13 nitrogen and oxygen atoms in total. The highest BCUT2D eigenvalue weighted by Crippen LogP contribution is 2.40. The first kappa shape index (κ1) is 35.4. The van der Waals surface area contributed by atoms with Crippen LogP contribution >= 0.6 is 0 Å². The average molecular weight is 653 g/mol. The van der Waals surface area contributed by atoms with Crippen molar-refractivity contribution in [1.82, 2.24) is 15.1 Å². The molecule has 47 heavy (non-hydrogen) atoms. The molecule has 0 bridgehead atoms. The number of unbranched alkanes of at least 4 members (excludes halogenated alkanes) is 1. The van der Waals surface area contributed by atoms with E-state index in [1.807, 2.05) is 24.3 Å². The van der Waals surface area contributed by atoms with E-state index >= 15 is 0 Å². The molecular weight excluding hydrogens is 608 g/mol. The van der Waals surface area contributed by atoms with Crippen LogP contribution in [-0.4, -0.2) is 105 Å². The van der Waals surface area contributed by atoms with E-state index in [1.54, 1.807) is 27.0 Å². The number of dihydropyridines is 1. The second kappa shape index (κ2) is 16.9. The van der Waals surface area contributed by atoms with Crippen LogP contribution in [0.3, 0.4) is 0 Å². The number of carbonyl (C=O) groups excluding carboxylic acids is 2. The van der Waals surface area contributed by atoms with Gasteiger partial charge >= 0.3 is 11.9 Å². The van der Waals surface area contributed by atoms with Gasteiger partial charge in [0.15, 0.2) is 11.5 Å². The Morgan fingerprint density at radius 3 is 2.28 bits per heavy atom. The van der Waals surface area contributed by atoms with Crippen LogP contribution in [-0.2, 0) is 19.1 Å². The maximum Gasteiger partial charge on any atom is 0.336 e. The highest BCUT2D eigenvalue weighted by molar-refractivity contribution is 5.99. The second-order valence-electron chi connectivity index (χ2n) is 11.6. The molecule has 13 heteroatoms. The van der Waals surface area contributed by atoms with Crippen LogP contribution in [0.2, 0.25) is 0 Å². The number of ether oxygens (including phenoxy) is 4. The Morgan fingerprint density at radius 2 is 1.62 bits per heavy atom. The molecule has 4 rings (SSSR count). The molecule has 0 aliphatic carbocycles. The predicted molar refractivity (Wildman–Crippen MR) is 174 cm³/mol. The summed E-state index contributed by atoms with van der Waals surface area (Å²) >= 11 is 0. The number of methoxy groups -OCH3 is 2. The lowest BCUT2D eigenvalue weighted by atomic mass is 9.80. The number of nitro groups is 1. The summed E-state index contributed by atoms with van der Waals surface area (Å²) in [7, 11) is 2.83. The van der Waals surface area contributed by atoms with E-state index in [0.29, 0.717) is 41.4 Å². The topological polar surface area (TPSA) is 153 Å². The number of β-amino-alcohol motifs (C(OH)–C–C–N with tert-alkyl or cyclic N) is 1. The Morgan fingerprint density at radius 1 is 0.957 bits per heavy atom. The van der Waals surface area contributed by atoms with Gasteiger partial charge in [-0.1, -0.05) is 24.3 Å². The van der Waals surface area contributed by atoms with Crippen molar-refractivity contribution < 1.29 is 38.6 Å². The first-order valence-corrected chi connectivity index (χ1v) is 15.7. The van der Waals surface area contributed by atoms with Gasteiger partial charge in [0.05, 0.1) is 42.8 Å². The average Bonchev–Trinajstić information content (AvgIpc) is 3.07. The number of carbonyl (C=O) groups is 2. The summed E-state index contributed by atoms with van der Waals surface area (Å²) in [5.74, 6) is -0.890. The van der Waals surface area contributed by atoms with Crippen molar-refractivity contribution in [1.29, 1.82) is 0 Å². The van der Waals surface area contributed by atoms with Crippen molar-refractivity contribution in [3.63, 3.8) is 0 Å². The van der Waals surface area contributed by atoms with Gasteiger partial charge < -0.3 is 34.3 Å². The van der Waals surface area contributed by atoms with Crippen molar-refractivity contribution in [2.24, 2.45) is 0 Å². The molecule has 254 valence electrons. The van der Waals surface area contributed by atoms with E-state index in [4.69, 9.17) is 18.9 Å². The third kappa shape index (κ3) is 9.31. The van der Waals surface area contributed by atoms with E-state index in [1.165, 1.54) is 25.3 Å². The molecular formula is C34H44N4O9. The van der Waals surface area contributed by atoms with Gasteiger partial charge in [0.2, 0.25) is 0 Å². The number of allylic oxidation sites excluding steroid dienone is 2. The number of aliphatic hydroxyl groups excluding tert-OH is 1. The number of para-hydroxylation sites is 2. The Balaban J connectivity index is 1.24. The van der Waals surface area contributed by atoms with E-state index in [-0.39, 0.29) is 30.0 Å². The SMILES string of the molecule is COC(=O)C1=C(C)NC(C)=C(C(=O)OCCCCN2CCN(CC(O)COc3ccccc3OC)CC2)C1c1cccc([N+](=O)[O-])c1. The minimum absolute atomic E-state index is 0.150. The number of esters is 2. The molecule has 2 heterocycles. The first-order valence-electron chi connectivity index (χ1n) is 15.7. The summed E-state index contributed by atoms with van der Waals surface area (Å²) in [4.78, 5) is 41.8. The minimum atomic E-state index is -0.890. The van der Waals surface area contributed by atoms with Gasteiger partial charge in [0, 0.05) is 56.3 Å². The van der Waals surface area contributed by atoms with Crippen molar-refractivity contribution in [2.75, 3.05) is 66.7 Å². The summed E-state index contributed by atoms with van der Waals surface area (Å²) in [6, 6.07) is 13.3. The van der Waals surface area contributed by atoms with Crippen molar-refractivity contribution in [3.8, 4) is 11.5 Å². The van der Waals surface area contributed by atoms with Gasteiger partial charge in [-0.2, -0.15) is 0 Å². The maximum absolute atomic E-state index is 13.4. The first-order chi connectivity index (χ1) is 22.6. The molecule has 0 spiro atoms. The summed E-state index contributed by atoms with van der Waals surface area (Å²) < 4.78 is 21.7. The van der Waals surface area contributed by atoms with E-state index in [0.717, 1.165) is 39.1 Å². The van der Waals surface area contributed by atoms with Crippen molar-refractivity contribution in [2.45, 2.75) is 38.7 Å². The number of hydrogen-bond acceptors (Lipinski definition) is 12. The lowest BCUT2D eigenvalue weighted by Gasteiger charge is -2.35. The zero-order valence-electron chi connectivity index (χ0n) is 27.4. The number of hydrogen-bond donors (Lipinski definition) is 2. The van der Waals surface area contributed by atoms with Crippen molar-refractivity contribution in [3.05, 3.63) is 86.7 Å². The zero-order valence-corrected chi connectivity index (χ0v) is 27.4. The fourth-order valence-corrected chi connectivity index (χ4v) is 5.95. The molecule has 0 amide bonds. The fourth-order valence-electron chi connectivity index (χ4n) is 5.95. The molecule has 2 N–H and O–H groups in total. The Kier molecular flexibility index (Phi) is 12.7. The lowest BCUT2D eigenvalue weighted by Crippen LogP contribution is -2.49. The molecule has 0 radical (unpaired) electrons. The Hall–Kier alpha value is -4.46. The zero-order chi connectivity index (χ0) is 33.9. The fraction of sp³-hybridized carbons (Fsp3) is 0.471. The van der Waals surface area contributed by atoms with Crippen LogP contribution in [0.25, 0.3) is 0 Å². The number of nitrogens with zero attached hydrogens (tertiary/aromatic N) is 3. The Bertz CT molecular complexity index is 1480. The van der Waals surface area contributed by atoms with Gasteiger partial charge in [-0.3, -0.25) is 15.0 Å². The molecule has 2 aromatic carbocycles. The number of aliphatic hydroxyl groups is 1. The second-order valence-corrected chi connectivity index (χ2v) is 11.6. The number of benzene rings is 2. The highest BCUT2D eigenvalue weighted by Gasteiger charge is 2.38. The quantitative estimate of drug-likeness (QED) is 0.126. The summed E-state index contributed by atoms with van der Waals surface area (Å²) in [5, 5.41) is 25.1. The normalized spacial score (nSPS) is 17.9. The Labute approximate surface area is 274 Å². The molecule has 0 aromatic heterocycles. The van der Waals surface area contributed by atoms with Gasteiger partial charge in [-0.15, -0.1) is 0 Å². The van der Waals surface area contributed by atoms with E-state index in [2.05, 4.69) is 15.1 Å². The molecule has 2 aromatic rings. The van der Waals surface area contributed by atoms with Crippen molar-refractivity contribution >= 4 is 17.6 Å². The van der Waals surface area contributed by atoms with Crippen LogP contribution in [0.5, 0.6) is 11.5 Å². The van der Waals surface area contributed by atoms with Gasteiger partial charge in [-0.05, 0) is 50.9 Å². The van der Waals surface area contributed by atoms with E-state index < -0.39 is 28.9 Å². The summed E-state index contributed by atoms with van der Waals surface area (Å²) in [6.45, 7) is 8.53. The smallest absolute Gasteiger partial charge is 0.336 e. The van der Waals surface area contributed by atoms with Crippen LogP contribution in [0.4, 0.5) is 5.69 Å². The molecule has 2 atom stereocenters. The number of non-ortho nitro benzene ring substituents is 1. The number of piperazine rings is 1. The third-order valence-corrected chi connectivity index (χ3v) is 8.34. The van der Waals surface area contributed by atoms with Crippen LogP contribution in [0, 0.1) is 10.1 Å². The predicted octanol–water partition coefficient (Wildman–Crippen LogP) is 3.39. The number of nitro benzene ring substituents is 1. The number of rotatable bonds is 15. The van der Waals surface area contributed by atoms with Crippen LogP contribution in [0.1, 0.15) is 38.2 Å². The van der Waals surface area contributed by atoms with Gasteiger partial charge in [0.1, 0.15) is 12.7 Å². The van der Waals surface area contributed by atoms with Crippen LogP contribution in [0.15, 0.2) is 71.1 Å². The molecule has 1 saturated heterocycles. The van der Waals surface area contributed by atoms with E-state index in [9.17, 15) is 24.8 Å². The maximum atomic E-state index is 13.4. The molecule has 2 aliphatic rings. The largest absolute Gasteiger partial charge is 0.493 e. The monoisotopic (exact) mass is 652 g/mol. The van der Waals surface area contributed by atoms with Crippen LogP contribution < -0.4 is 14.8 Å². The summed E-state index contributed by atoms with van der Waals surface area (Å²) in [6.07, 6.45) is 0.837. The standard InChI is InChI=1S/C34H44N4O9/c1-23-30(33(40)45-4)32(25-10-9-11-26(20-25)38(42)43)31(24(2)35-23)34(41)46-19-8-7-14-36-15-17-37(18-16-36)21-27(39)22-47-29-13-6-5-12-28(29)44-3/h5-6,9-13,20,27,32,35,39H,7-8,14-19,21-22H2,1-4H3. The lowest BCUT2D eigenvalue weighted by molar-refractivity contribution is -0.384. The summed E-state index contributed by atoms with van der Waals surface area (Å²) in [5.41, 5.74) is 1.68. The van der Waals surface area contributed by atoms with Gasteiger partial charge in [-0.25, -0.2) is 9.59 Å².